The molecule has 0 aromatic heterocycles. The van der Waals surface area contributed by atoms with Crippen LogP contribution < -0.4 is 5.32 Å². The van der Waals surface area contributed by atoms with E-state index in [9.17, 15) is 4.79 Å². The van der Waals surface area contributed by atoms with Crippen molar-refractivity contribution in [1.29, 1.82) is 0 Å². The van der Waals surface area contributed by atoms with Gasteiger partial charge in [0, 0.05) is 17.8 Å². The van der Waals surface area contributed by atoms with Gasteiger partial charge in [-0.1, -0.05) is 6.07 Å². The number of hydrogen-bond donors (Lipinski definition) is 1. The number of aryl methyl sites for hydroxylation is 2. The highest BCUT2D eigenvalue weighted by atomic mass is 16.2. The van der Waals surface area contributed by atoms with Gasteiger partial charge in [-0.2, -0.15) is 0 Å². The van der Waals surface area contributed by atoms with Crippen LogP contribution in [0.5, 0.6) is 0 Å². The van der Waals surface area contributed by atoms with Crippen LogP contribution in [0.2, 0.25) is 0 Å². The number of benzene rings is 1. The number of carbonyl (C=O) groups excluding carboxylic acids is 1. The summed E-state index contributed by atoms with van der Waals surface area (Å²) in [6.07, 6.45) is 3.42. The smallest absolute Gasteiger partial charge is 0.319 e. The van der Waals surface area contributed by atoms with Crippen molar-refractivity contribution in [2.75, 3.05) is 5.32 Å². The Hall–Kier alpha value is -1.51. The largest absolute Gasteiger partial charge is 0.322 e. The molecule has 2 atom stereocenters. The number of piperidine rings is 1. The van der Waals surface area contributed by atoms with Gasteiger partial charge in [0.25, 0.3) is 0 Å². The maximum absolute atomic E-state index is 12.4. The second kappa shape index (κ2) is 5.64. The maximum atomic E-state index is 12.4. The SMILES string of the molecule is Cc1ccc(NC(=O)N2[C@H](C)CCC[C@H]2C)cc1C. The summed E-state index contributed by atoms with van der Waals surface area (Å²) in [5.74, 6) is 0. The van der Waals surface area contributed by atoms with Crippen molar-refractivity contribution >= 4 is 11.7 Å². The minimum Gasteiger partial charge on any atom is -0.319 e. The number of nitrogens with zero attached hydrogens (tertiary/aromatic N) is 1. The predicted molar refractivity (Wildman–Crippen MR) is 79.5 cm³/mol. The Morgan fingerprint density at radius 1 is 1.16 bits per heavy atom. The van der Waals surface area contributed by atoms with Crippen molar-refractivity contribution in [3.05, 3.63) is 29.3 Å². The molecule has 2 rings (SSSR count). The van der Waals surface area contributed by atoms with Gasteiger partial charge < -0.3 is 10.2 Å². The molecule has 1 aliphatic rings. The average molecular weight is 260 g/mol. The lowest BCUT2D eigenvalue weighted by atomic mass is 9.98. The summed E-state index contributed by atoms with van der Waals surface area (Å²) in [6.45, 7) is 8.41. The van der Waals surface area contributed by atoms with E-state index in [0.717, 1.165) is 18.5 Å². The third kappa shape index (κ3) is 3.09. The van der Waals surface area contributed by atoms with Crippen molar-refractivity contribution in [1.82, 2.24) is 4.90 Å². The molecule has 1 heterocycles. The van der Waals surface area contributed by atoms with E-state index in [0.29, 0.717) is 12.1 Å². The molecule has 3 heteroatoms. The molecule has 1 aliphatic heterocycles. The summed E-state index contributed by atoms with van der Waals surface area (Å²) in [5, 5.41) is 3.03. The van der Waals surface area contributed by atoms with E-state index in [-0.39, 0.29) is 6.03 Å². The third-order valence-electron chi connectivity index (χ3n) is 4.19. The normalized spacial score (nSPS) is 23.3. The molecule has 0 spiro atoms. The Balaban J connectivity index is 2.09. The first-order valence-corrected chi connectivity index (χ1v) is 7.15. The summed E-state index contributed by atoms with van der Waals surface area (Å²) < 4.78 is 0. The number of hydrogen-bond acceptors (Lipinski definition) is 1. The lowest BCUT2D eigenvalue weighted by Gasteiger charge is -2.38. The molecule has 1 aromatic carbocycles. The Labute approximate surface area is 116 Å². The van der Waals surface area contributed by atoms with Crippen molar-refractivity contribution in [2.45, 2.75) is 59.0 Å². The summed E-state index contributed by atoms with van der Waals surface area (Å²) in [6, 6.07) is 6.74. The molecule has 1 saturated heterocycles. The van der Waals surface area contributed by atoms with E-state index < -0.39 is 0 Å². The molecular formula is C16H24N2O. The molecule has 104 valence electrons. The van der Waals surface area contributed by atoms with Crippen molar-refractivity contribution in [3.8, 4) is 0 Å². The number of amides is 2. The van der Waals surface area contributed by atoms with Gasteiger partial charge in [-0.05, 0) is 70.2 Å². The molecule has 19 heavy (non-hydrogen) atoms. The number of rotatable bonds is 1. The second-order valence-electron chi connectivity index (χ2n) is 5.77. The summed E-state index contributed by atoms with van der Waals surface area (Å²) in [4.78, 5) is 14.4. The van der Waals surface area contributed by atoms with Gasteiger partial charge in [-0.3, -0.25) is 0 Å². The van der Waals surface area contributed by atoms with Crippen LogP contribution in [0.25, 0.3) is 0 Å². The summed E-state index contributed by atoms with van der Waals surface area (Å²) in [5.41, 5.74) is 3.34. The quantitative estimate of drug-likeness (QED) is 0.810. The first-order chi connectivity index (χ1) is 8.99. The fourth-order valence-electron chi connectivity index (χ4n) is 2.83. The Morgan fingerprint density at radius 3 is 2.37 bits per heavy atom. The number of urea groups is 1. The van der Waals surface area contributed by atoms with E-state index in [1.807, 2.05) is 23.1 Å². The van der Waals surface area contributed by atoms with Gasteiger partial charge in [0.1, 0.15) is 0 Å². The molecule has 0 bridgehead atoms. The molecule has 1 N–H and O–H groups in total. The van der Waals surface area contributed by atoms with Crippen molar-refractivity contribution in [2.24, 2.45) is 0 Å². The highest BCUT2D eigenvalue weighted by molar-refractivity contribution is 5.90. The van der Waals surface area contributed by atoms with Gasteiger partial charge in [-0.15, -0.1) is 0 Å². The van der Waals surface area contributed by atoms with Crippen LogP contribution in [-0.2, 0) is 0 Å². The number of anilines is 1. The Morgan fingerprint density at radius 2 is 1.79 bits per heavy atom. The van der Waals surface area contributed by atoms with Gasteiger partial charge in [0.05, 0.1) is 0 Å². The Bertz CT molecular complexity index is 460. The Kier molecular flexibility index (Phi) is 4.13. The van der Waals surface area contributed by atoms with E-state index in [1.165, 1.54) is 17.5 Å². The monoisotopic (exact) mass is 260 g/mol. The molecule has 0 aliphatic carbocycles. The van der Waals surface area contributed by atoms with Gasteiger partial charge in [0.15, 0.2) is 0 Å². The molecule has 0 saturated carbocycles. The maximum Gasteiger partial charge on any atom is 0.322 e. The van der Waals surface area contributed by atoms with Gasteiger partial charge >= 0.3 is 6.03 Å². The van der Waals surface area contributed by atoms with E-state index in [1.54, 1.807) is 0 Å². The minimum atomic E-state index is 0.0305. The molecule has 0 radical (unpaired) electrons. The van der Waals surface area contributed by atoms with Crippen LogP contribution in [-0.4, -0.2) is 23.0 Å². The molecule has 3 nitrogen and oxygen atoms in total. The molecule has 1 aromatic rings. The average Bonchev–Trinajstić information content (AvgIpc) is 2.33. The lowest BCUT2D eigenvalue weighted by molar-refractivity contribution is 0.133. The topological polar surface area (TPSA) is 32.3 Å². The van der Waals surface area contributed by atoms with Crippen LogP contribution >= 0.6 is 0 Å². The molecule has 1 fully saturated rings. The second-order valence-corrected chi connectivity index (χ2v) is 5.77. The molecule has 0 unspecified atom stereocenters. The molecule has 2 amide bonds. The zero-order valence-corrected chi connectivity index (χ0v) is 12.4. The van der Waals surface area contributed by atoms with E-state index in [4.69, 9.17) is 0 Å². The van der Waals surface area contributed by atoms with Crippen LogP contribution in [0.4, 0.5) is 10.5 Å². The van der Waals surface area contributed by atoms with Gasteiger partial charge in [-0.25, -0.2) is 4.79 Å². The van der Waals surface area contributed by atoms with E-state index in [2.05, 4.69) is 33.0 Å². The highest BCUT2D eigenvalue weighted by Gasteiger charge is 2.28. The number of likely N-dealkylation sites (tertiary alicyclic amines) is 1. The van der Waals surface area contributed by atoms with Crippen molar-refractivity contribution in [3.63, 3.8) is 0 Å². The standard InChI is InChI=1S/C16H24N2O/c1-11-8-9-15(10-12(11)2)17-16(19)18-13(3)6-5-7-14(18)4/h8-10,13-14H,5-7H2,1-4H3,(H,17,19)/t13-,14-/m1/s1. The van der Waals surface area contributed by atoms with E-state index >= 15 is 0 Å². The first-order valence-electron chi connectivity index (χ1n) is 7.15. The highest BCUT2D eigenvalue weighted by Crippen LogP contribution is 2.24. The van der Waals surface area contributed by atoms with Crippen LogP contribution in [0.3, 0.4) is 0 Å². The zero-order chi connectivity index (χ0) is 14.0. The fraction of sp³-hybridized carbons (Fsp3) is 0.562. The number of carbonyl (C=O) groups is 1. The number of nitrogens with one attached hydrogen (secondary N) is 1. The van der Waals surface area contributed by atoms with Crippen LogP contribution in [0.15, 0.2) is 18.2 Å². The molecular weight excluding hydrogens is 236 g/mol. The van der Waals surface area contributed by atoms with Gasteiger partial charge in [0.2, 0.25) is 0 Å². The third-order valence-corrected chi connectivity index (χ3v) is 4.19. The van der Waals surface area contributed by atoms with Crippen molar-refractivity contribution < 1.29 is 4.79 Å². The van der Waals surface area contributed by atoms with Crippen LogP contribution in [0, 0.1) is 13.8 Å². The fourth-order valence-corrected chi connectivity index (χ4v) is 2.83. The first kappa shape index (κ1) is 13.9. The zero-order valence-electron chi connectivity index (χ0n) is 12.4. The lowest BCUT2D eigenvalue weighted by Crippen LogP contribution is -2.49. The minimum absolute atomic E-state index is 0.0305. The summed E-state index contributed by atoms with van der Waals surface area (Å²) >= 11 is 0. The summed E-state index contributed by atoms with van der Waals surface area (Å²) in [7, 11) is 0. The predicted octanol–water partition coefficient (Wildman–Crippen LogP) is 4.10. The van der Waals surface area contributed by atoms with Crippen LogP contribution in [0.1, 0.15) is 44.2 Å².